The van der Waals surface area contributed by atoms with Gasteiger partial charge in [0.1, 0.15) is 0 Å². The van der Waals surface area contributed by atoms with Crippen molar-refractivity contribution in [1.82, 2.24) is 4.90 Å². The zero-order valence-corrected chi connectivity index (χ0v) is 10.9. The number of carbonyl (C=O) groups is 1. The predicted octanol–water partition coefficient (Wildman–Crippen LogP) is 2.51. The van der Waals surface area contributed by atoms with Crippen molar-refractivity contribution in [1.29, 1.82) is 0 Å². The molecule has 0 unspecified atom stereocenters. The van der Waals surface area contributed by atoms with E-state index in [1.165, 1.54) is 12.0 Å². The zero-order valence-electron chi connectivity index (χ0n) is 10.9. The molecule has 18 heavy (non-hydrogen) atoms. The van der Waals surface area contributed by atoms with Crippen LogP contribution in [0.3, 0.4) is 0 Å². The van der Waals surface area contributed by atoms with E-state index in [1.54, 1.807) is 0 Å². The van der Waals surface area contributed by atoms with Crippen LogP contribution in [0.4, 0.5) is 0 Å². The summed E-state index contributed by atoms with van der Waals surface area (Å²) in [5.74, 6) is -0.706. The van der Waals surface area contributed by atoms with Crippen molar-refractivity contribution in [3.63, 3.8) is 0 Å². The van der Waals surface area contributed by atoms with Gasteiger partial charge in [-0.2, -0.15) is 0 Å². The third-order valence-corrected chi connectivity index (χ3v) is 3.89. The van der Waals surface area contributed by atoms with Crippen molar-refractivity contribution in [3.8, 4) is 0 Å². The summed E-state index contributed by atoms with van der Waals surface area (Å²) in [5.41, 5.74) is 1.53. The van der Waals surface area contributed by atoms with E-state index in [0.29, 0.717) is 6.54 Å². The van der Waals surface area contributed by atoms with Crippen LogP contribution >= 0.6 is 0 Å². The van der Waals surface area contributed by atoms with Crippen LogP contribution in [0.15, 0.2) is 30.3 Å². The van der Waals surface area contributed by atoms with Gasteiger partial charge in [-0.3, -0.25) is 4.79 Å². The van der Waals surface area contributed by atoms with Crippen molar-refractivity contribution < 1.29 is 9.90 Å². The van der Waals surface area contributed by atoms with Gasteiger partial charge in [0, 0.05) is 18.5 Å². The second-order valence-electron chi connectivity index (χ2n) is 5.45. The third-order valence-electron chi connectivity index (χ3n) is 3.89. The summed E-state index contributed by atoms with van der Waals surface area (Å²) in [6, 6.07) is 10.6. The topological polar surface area (TPSA) is 40.5 Å². The fourth-order valence-electron chi connectivity index (χ4n) is 2.87. The van der Waals surface area contributed by atoms with Crippen molar-refractivity contribution in [3.05, 3.63) is 35.9 Å². The number of carboxylic acids is 1. The molecule has 0 radical (unpaired) electrons. The van der Waals surface area contributed by atoms with E-state index in [0.717, 1.165) is 19.5 Å². The van der Waals surface area contributed by atoms with Gasteiger partial charge in [0.15, 0.2) is 0 Å². The van der Waals surface area contributed by atoms with Gasteiger partial charge in [-0.05, 0) is 24.9 Å². The minimum atomic E-state index is -0.706. The number of hydrogen-bond donors (Lipinski definition) is 1. The van der Waals surface area contributed by atoms with E-state index in [9.17, 15) is 4.79 Å². The Bertz CT molecular complexity index is 404. The van der Waals surface area contributed by atoms with E-state index in [2.05, 4.69) is 36.1 Å². The van der Waals surface area contributed by atoms with Crippen LogP contribution in [0.1, 0.15) is 31.7 Å². The van der Waals surface area contributed by atoms with Gasteiger partial charge in [0.05, 0.1) is 6.42 Å². The number of rotatable bonds is 4. The maximum atomic E-state index is 10.6. The molecule has 0 aromatic heterocycles. The molecule has 3 heteroatoms. The lowest BCUT2D eigenvalue weighted by Gasteiger charge is -2.40. The fraction of sp³-hybridized carbons (Fsp3) is 0.533. The van der Waals surface area contributed by atoms with Crippen LogP contribution < -0.4 is 0 Å². The number of likely N-dealkylation sites (tertiary alicyclic amines) is 1. The van der Waals surface area contributed by atoms with Gasteiger partial charge in [-0.15, -0.1) is 0 Å². The summed E-state index contributed by atoms with van der Waals surface area (Å²) >= 11 is 0. The molecule has 1 aliphatic heterocycles. The molecule has 1 aromatic carbocycles. The van der Waals surface area contributed by atoms with Gasteiger partial charge in [-0.25, -0.2) is 0 Å². The quantitative estimate of drug-likeness (QED) is 0.888. The first-order chi connectivity index (χ1) is 8.60. The normalized spacial score (nSPS) is 24.9. The second kappa shape index (κ2) is 5.53. The Morgan fingerprint density at radius 3 is 2.78 bits per heavy atom. The number of hydrogen-bond acceptors (Lipinski definition) is 2. The predicted molar refractivity (Wildman–Crippen MR) is 71.7 cm³/mol. The molecule has 98 valence electrons. The molecule has 1 fully saturated rings. The summed E-state index contributed by atoms with van der Waals surface area (Å²) in [6.07, 6.45) is 2.57. The number of aliphatic carboxylic acids is 1. The van der Waals surface area contributed by atoms with Crippen LogP contribution in [0.2, 0.25) is 0 Å². The van der Waals surface area contributed by atoms with Crippen LogP contribution in [0, 0.1) is 0 Å². The zero-order chi connectivity index (χ0) is 13.0. The highest BCUT2D eigenvalue weighted by molar-refractivity contribution is 5.66. The van der Waals surface area contributed by atoms with Gasteiger partial charge in [0.25, 0.3) is 0 Å². The molecule has 1 saturated heterocycles. The number of piperidine rings is 1. The maximum absolute atomic E-state index is 10.6. The minimum absolute atomic E-state index is 0.165. The molecule has 0 bridgehead atoms. The fourth-order valence-corrected chi connectivity index (χ4v) is 2.87. The lowest BCUT2D eigenvalue weighted by Crippen LogP contribution is -2.44. The first-order valence-corrected chi connectivity index (χ1v) is 6.60. The molecular weight excluding hydrogens is 226 g/mol. The first-order valence-electron chi connectivity index (χ1n) is 6.60. The average Bonchev–Trinajstić information content (AvgIpc) is 2.38. The van der Waals surface area contributed by atoms with E-state index >= 15 is 0 Å². The lowest BCUT2D eigenvalue weighted by atomic mass is 9.76. The Morgan fingerprint density at radius 1 is 1.39 bits per heavy atom. The Hall–Kier alpha value is -1.35. The molecule has 1 heterocycles. The van der Waals surface area contributed by atoms with E-state index in [4.69, 9.17) is 5.11 Å². The van der Waals surface area contributed by atoms with E-state index in [1.807, 2.05) is 6.07 Å². The summed E-state index contributed by atoms with van der Waals surface area (Å²) in [4.78, 5) is 12.9. The largest absolute Gasteiger partial charge is 0.481 e. The number of nitrogens with zero attached hydrogens (tertiary/aromatic N) is 1. The summed E-state index contributed by atoms with van der Waals surface area (Å²) in [7, 11) is 0. The van der Waals surface area contributed by atoms with Crippen molar-refractivity contribution >= 4 is 5.97 Å². The Morgan fingerprint density at radius 2 is 2.11 bits per heavy atom. The number of carboxylic acid groups (broad SMARTS) is 1. The Kier molecular flexibility index (Phi) is 4.02. The molecular formula is C15H21NO2. The van der Waals surface area contributed by atoms with E-state index < -0.39 is 5.97 Å². The minimum Gasteiger partial charge on any atom is -0.481 e. The SMILES string of the molecule is C[C@]1(c2ccccc2)CCCN(CCC(=O)O)C1. The third kappa shape index (κ3) is 3.10. The van der Waals surface area contributed by atoms with E-state index in [-0.39, 0.29) is 11.8 Å². The van der Waals surface area contributed by atoms with Crippen molar-refractivity contribution in [2.45, 2.75) is 31.6 Å². The Labute approximate surface area is 108 Å². The molecule has 0 amide bonds. The van der Waals surface area contributed by atoms with Gasteiger partial charge in [-0.1, -0.05) is 37.3 Å². The Balaban J connectivity index is 2.03. The number of benzene rings is 1. The molecule has 1 aromatic rings. The van der Waals surface area contributed by atoms with Crippen LogP contribution in [0.25, 0.3) is 0 Å². The van der Waals surface area contributed by atoms with Crippen LogP contribution in [-0.2, 0) is 10.2 Å². The molecule has 3 nitrogen and oxygen atoms in total. The summed E-state index contributed by atoms with van der Waals surface area (Å²) in [6.45, 7) is 4.94. The molecule has 1 atom stereocenters. The lowest BCUT2D eigenvalue weighted by molar-refractivity contribution is -0.137. The maximum Gasteiger partial charge on any atom is 0.304 e. The molecule has 0 spiro atoms. The molecule has 0 aliphatic carbocycles. The highest BCUT2D eigenvalue weighted by Crippen LogP contribution is 2.33. The van der Waals surface area contributed by atoms with Gasteiger partial charge in [0.2, 0.25) is 0 Å². The molecule has 0 saturated carbocycles. The van der Waals surface area contributed by atoms with Crippen molar-refractivity contribution in [2.75, 3.05) is 19.6 Å². The van der Waals surface area contributed by atoms with Gasteiger partial charge < -0.3 is 10.0 Å². The van der Waals surface area contributed by atoms with Crippen LogP contribution in [-0.4, -0.2) is 35.6 Å². The molecule has 1 N–H and O–H groups in total. The summed E-state index contributed by atoms with van der Waals surface area (Å²) < 4.78 is 0. The smallest absolute Gasteiger partial charge is 0.304 e. The standard InChI is InChI=1S/C15H21NO2/c1-15(13-6-3-2-4-7-13)9-5-10-16(12-15)11-8-14(17)18/h2-4,6-7H,5,8-12H2,1H3,(H,17,18)/t15-/m0/s1. The second-order valence-corrected chi connectivity index (χ2v) is 5.45. The molecule has 2 rings (SSSR count). The highest BCUT2D eigenvalue weighted by atomic mass is 16.4. The monoisotopic (exact) mass is 247 g/mol. The van der Waals surface area contributed by atoms with Crippen LogP contribution in [0.5, 0.6) is 0 Å². The highest BCUT2D eigenvalue weighted by Gasteiger charge is 2.32. The first kappa shape index (κ1) is 13.1. The van der Waals surface area contributed by atoms with Crippen molar-refractivity contribution in [2.24, 2.45) is 0 Å². The molecule has 1 aliphatic rings. The van der Waals surface area contributed by atoms with Gasteiger partial charge >= 0.3 is 5.97 Å². The average molecular weight is 247 g/mol. The summed E-state index contributed by atoms with van der Waals surface area (Å²) in [5, 5.41) is 8.76.